The second-order valence-electron chi connectivity index (χ2n) is 6.41. The number of nitrogens with zero attached hydrogens (tertiary/aromatic N) is 3. The number of rotatable bonds is 5. The van der Waals surface area contributed by atoms with Crippen molar-refractivity contribution in [1.82, 2.24) is 13.5 Å². The highest BCUT2D eigenvalue weighted by atomic mass is 32.2. The van der Waals surface area contributed by atoms with Gasteiger partial charge >= 0.3 is 0 Å². The Labute approximate surface area is 140 Å². The van der Waals surface area contributed by atoms with Crippen LogP contribution >= 0.6 is 0 Å². The summed E-state index contributed by atoms with van der Waals surface area (Å²) in [4.78, 5) is 14.4. The van der Waals surface area contributed by atoms with Crippen LogP contribution in [0.25, 0.3) is 0 Å². The van der Waals surface area contributed by atoms with Crippen molar-refractivity contribution in [2.75, 3.05) is 32.7 Å². The van der Waals surface area contributed by atoms with Crippen LogP contribution in [-0.4, -0.2) is 72.6 Å². The van der Waals surface area contributed by atoms with E-state index in [2.05, 4.69) is 0 Å². The minimum atomic E-state index is -3.62. The maximum absolute atomic E-state index is 13.0. The topological polar surface area (TPSA) is 87.0 Å². The van der Waals surface area contributed by atoms with E-state index >= 15 is 0 Å². The zero-order chi connectivity index (χ0) is 17.0. The van der Waals surface area contributed by atoms with E-state index in [-0.39, 0.29) is 18.5 Å². The SMILES string of the molecule is CCN(CC)C(=O)[C@@H]1C[C@@H](N)CN1S(=O)(=O)N1CCCCCC1. The van der Waals surface area contributed by atoms with Crippen LogP contribution in [0.15, 0.2) is 0 Å². The predicted molar refractivity (Wildman–Crippen MR) is 90.0 cm³/mol. The molecule has 0 aromatic heterocycles. The molecule has 2 rings (SSSR count). The molecule has 1 amide bonds. The summed E-state index contributed by atoms with van der Waals surface area (Å²) in [7, 11) is -3.62. The van der Waals surface area contributed by atoms with Gasteiger partial charge in [0.05, 0.1) is 0 Å². The van der Waals surface area contributed by atoms with Gasteiger partial charge in [0.1, 0.15) is 6.04 Å². The highest BCUT2D eigenvalue weighted by Crippen LogP contribution is 2.26. The number of nitrogens with two attached hydrogens (primary N) is 1. The summed E-state index contributed by atoms with van der Waals surface area (Å²) in [5.41, 5.74) is 6.00. The quantitative estimate of drug-likeness (QED) is 0.779. The van der Waals surface area contributed by atoms with E-state index in [1.54, 1.807) is 9.21 Å². The van der Waals surface area contributed by atoms with E-state index in [0.717, 1.165) is 25.7 Å². The normalized spacial score (nSPS) is 27.8. The van der Waals surface area contributed by atoms with Gasteiger partial charge in [-0.2, -0.15) is 17.0 Å². The van der Waals surface area contributed by atoms with Gasteiger partial charge in [-0.25, -0.2) is 0 Å². The van der Waals surface area contributed by atoms with Crippen molar-refractivity contribution in [3.63, 3.8) is 0 Å². The van der Waals surface area contributed by atoms with Crippen LogP contribution in [0.1, 0.15) is 46.0 Å². The van der Waals surface area contributed by atoms with Gasteiger partial charge in [-0.1, -0.05) is 12.8 Å². The summed E-state index contributed by atoms with van der Waals surface area (Å²) >= 11 is 0. The lowest BCUT2D eigenvalue weighted by Crippen LogP contribution is -2.52. The average molecular weight is 346 g/mol. The van der Waals surface area contributed by atoms with Gasteiger partial charge in [0.15, 0.2) is 0 Å². The molecule has 2 saturated heterocycles. The molecule has 0 saturated carbocycles. The molecule has 0 aliphatic carbocycles. The van der Waals surface area contributed by atoms with Crippen LogP contribution in [0.5, 0.6) is 0 Å². The van der Waals surface area contributed by atoms with Crippen LogP contribution in [0, 0.1) is 0 Å². The van der Waals surface area contributed by atoms with Crippen LogP contribution in [0.3, 0.4) is 0 Å². The number of likely N-dealkylation sites (N-methyl/N-ethyl adjacent to an activating group) is 1. The van der Waals surface area contributed by atoms with Crippen LogP contribution in [0.2, 0.25) is 0 Å². The predicted octanol–water partition coefficient (Wildman–Crippen LogP) is 0.377. The molecule has 134 valence electrons. The zero-order valence-corrected chi connectivity index (χ0v) is 15.1. The molecule has 2 N–H and O–H groups in total. The number of carbonyl (C=O) groups excluding carboxylic acids is 1. The van der Waals surface area contributed by atoms with E-state index < -0.39 is 16.3 Å². The Hall–Kier alpha value is -0.700. The van der Waals surface area contributed by atoms with Crippen molar-refractivity contribution in [1.29, 1.82) is 0 Å². The first-order valence-electron chi connectivity index (χ1n) is 8.73. The van der Waals surface area contributed by atoms with E-state index in [4.69, 9.17) is 5.73 Å². The maximum Gasteiger partial charge on any atom is 0.282 e. The van der Waals surface area contributed by atoms with Gasteiger partial charge < -0.3 is 10.6 Å². The summed E-state index contributed by atoms with van der Waals surface area (Å²) in [6.07, 6.45) is 4.30. The fourth-order valence-electron chi connectivity index (χ4n) is 3.48. The smallest absolute Gasteiger partial charge is 0.282 e. The second-order valence-corrected chi connectivity index (χ2v) is 8.29. The highest BCUT2D eigenvalue weighted by Gasteiger charge is 2.45. The molecule has 2 aliphatic rings. The number of carbonyl (C=O) groups is 1. The van der Waals surface area contributed by atoms with Crippen molar-refractivity contribution in [3.8, 4) is 0 Å². The van der Waals surface area contributed by atoms with Crippen molar-refractivity contribution in [2.45, 2.75) is 58.0 Å². The molecule has 2 fully saturated rings. The number of amides is 1. The molecule has 0 unspecified atom stereocenters. The highest BCUT2D eigenvalue weighted by molar-refractivity contribution is 7.86. The second kappa shape index (κ2) is 7.92. The third kappa shape index (κ3) is 4.04. The summed E-state index contributed by atoms with van der Waals surface area (Å²) in [5, 5.41) is 0. The Balaban J connectivity index is 2.21. The Morgan fingerprint density at radius 1 is 1.13 bits per heavy atom. The van der Waals surface area contributed by atoms with E-state index in [0.29, 0.717) is 32.6 Å². The Morgan fingerprint density at radius 3 is 2.22 bits per heavy atom. The Kier molecular flexibility index (Phi) is 6.41. The van der Waals surface area contributed by atoms with E-state index in [9.17, 15) is 13.2 Å². The molecule has 2 heterocycles. The summed E-state index contributed by atoms with van der Waals surface area (Å²) < 4.78 is 28.9. The van der Waals surface area contributed by atoms with Gasteiger partial charge in [0, 0.05) is 38.8 Å². The number of hydrogen-bond donors (Lipinski definition) is 1. The average Bonchev–Trinajstić information content (AvgIpc) is 2.74. The van der Waals surface area contributed by atoms with Gasteiger partial charge in [-0.05, 0) is 33.1 Å². The summed E-state index contributed by atoms with van der Waals surface area (Å²) in [5.74, 6) is -0.124. The fourth-order valence-corrected chi connectivity index (χ4v) is 5.38. The molecule has 0 aromatic carbocycles. The Bertz CT molecular complexity index is 499. The minimum absolute atomic E-state index is 0.124. The molecule has 0 radical (unpaired) electrons. The third-order valence-corrected chi connectivity index (χ3v) is 6.85. The van der Waals surface area contributed by atoms with Crippen molar-refractivity contribution >= 4 is 16.1 Å². The first-order valence-corrected chi connectivity index (χ1v) is 10.1. The van der Waals surface area contributed by atoms with Gasteiger partial charge in [0.25, 0.3) is 10.2 Å². The molecule has 0 bridgehead atoms. The zero-order valence-electron chi connectivity index (χ0n) is 14.3. The monoisotopic (exact) mass is 346 g/mol. The summed E-state index contributed by atoms with van der Waals surface area (Å²) in [6, 6.07) is -0.931. The molecular formula is C15H30N4O3S. The van der Waals surface area contributed by atoms with Crippen molar-refractivity contribution in [3.05, 3.63) is 0 Å². The van der Waals surface area contributed by atoms with Crippen LogP contribution < -0.4 is 5.73 Å². The fraction of sp³-hybridized carbons (Fsp3) is 0.933. The Morgan fingerprint density at radius 2 is 1.70 bits per heavy atom. The first kappa shape index (κ1) is 18.6. The molecule has 0 aromatic rings. The largest absolute Gasteiger partial charge is 0.342 e. The van der Waals surface area contributed by atoms with E-state index in [1.807, 2.05) is 13.8 Å². The maximum atomic E-state index is 13.0. The standard InChI is InChI=1S/C15H30N4O3S/c1-3-17(4-2)15(20)14-11-13(16)12-19(14)23(21,22)18-9-7-5-6-8-10-18/h13-14H,3-12,16H2,1-2H3/t13-,14+/m1/s1. The molecule has 2 atom stereocenters. The molecule has 7 nitrogen and oxygen atoms in total. The van der Waals surface area contributed by atoms with Crippen molar-refractivity contribution in [2.24, 2.45) is 5.73 Å². The van der Waals surface area contributed by atoms with Crippen LogP contribution in [-0.2, 0) is 15.0 Å². The summed E-state index contributed by atoms with van der Waals surface area (Å²) in [6.45, 7) is 6.29. The molecule has 2 aliphatic heterocycles. The van der Waals surface area contributed by atoms with Gasteiger partial charge in [-0.3, -0.25) is 4.79 Å². The third-order valence-electron chi connectivity index (χ3n) is 4.84. The van der Waals surface area contributed by atoms with Gasteiger partial charge in [0.2, 0.25) is 5.91 Å². The minimum Gasteiger partial charge on any atom is -0.342 e. The lowest BCUT2D eigenvalue weighted by atomic mass is 10.1. The lowest BCUT2D eigenvalue weighted by Gasteiger charge is -2.32. The molecule has 0 spiro atoms. The molecule has 8 heteroatoms. The van der Waals surface area contributed by atoms with Crippen molar-refractivity contribution < 1.29 is 13.2 Å². The lowest BCUT2D eigenvalue weighted by molar-refractivity contribution is -0.134. The van der Waals surface area contributed by atoms with E-state index in [1.165, 1.54) is 4.31 Å². The molecule has 23 heavy (non-hydrogen) atoms. The van der Waals surface area contributed by atoms with Gasteiger partial charge in [-0.15, -0.1) is 0 Å². The number of hydrogen-bond acceptors (Lipinski definition) is 4. The first-order chi connectivity index (χ1) is 10.9. The molecular weight excluding hydrogens is 316 g/mol. The van der Waals surface area contributed by atoms with Crippen LogP contribution in [0.4, 0.5) is 0 Å².